The largest absolute Gasteiger partial charge is 0.373 e. The summed E-state index contributed by atoms with van der Waals surface area (Å²) in [6, 6.07) is 0.602. The lowest BCUT2D eigenvalue weighted by Gasteiger charge is -2.38. The van der Waals surface area contributed by atoms with Crippen molar-refractivity contribution in [1.29, 1.82) is 0 Å². The zero-order chi connectivity index (χ0) is 12.5. The van der Waals surface area contributed by atoms with Gasteiger partial charge in [-0.1, -0.05) is 6.08 Å². The molecule has 2 nitrogen and oxygen atoms in total. The van der Waals surface area contributed by atoms with Gasteiger partial charge in [-0.25, -0.2) is 0 Å². The molecule has 0 aromatic heterocycles. The summed E-state index contributed by atoms with van der Waals surface area (Å²) in [5.74, 6) is 0. The molecule has 3 heteroatoms. The molecule has 2 atom stereocenters. The van der Waals surface area contributed by atoms with Crippen LogP contribution in [0, 0.1) is 0 Å². The molecule has 0 aromatic rings. The Hall–Kier alpha value is -0.510. The summed E-state index contributed by atoms with van der Waals surface area (Å²) in [6.07, 6.45) is 11.8. The predicted octanol–water partition coefficient (Wildman–Crippen LogP) is 3.03. The molecule has 3 rings (SSSR count). The molecular formula is C15H21NOS. The lowest BCUT2D eigenvalue weighted by molar-refractivity contribution is 0.165. The number of piperidine rings is 1. The third kappa shape index (κ3) is 1.98. The van der Waals surface area contributed by atoms with Crippen molar-refractivity contribution in [3.05, 3.63) is 33.8 Å². The fourth-order valence-corrected chi connectivity index (χ4v) is 4.11. The normalized spacial score (nSPS) is 31.4. The lowest BCUT2D eigenvalue weighted by Crippen LogP contribution is -2.40. The summed E-state index contributed by atoms with van der Waals surface area (Å²) in [6.45, 7) is 1.17. The Labute approximate surface area is 114 Å². The van der Waals surface area contributed by atoms with E-state index < -0.39 is 0 Å². The van der Waals surface area contributed by atoms with Gasteiger partial charge >= 0.3 is 0 Å². The molecular weight excluding hydrogens is 242 g/mol. The predicted molar refractivity (Wildman–Crippen MR) is 77.8 cm³/mol. The zero-order valence-corrected chi connectivity index (χ0v) is 12.0. The van der Waals surface area contributed by atoms with Gasteiger partial charge in [-0.05, 0) is 61.3 Å². The Kier molecular flexibility index (Phi) is 3.64. The number of methoxy groups -OCH3 is 1. The first-order valence-corrected chi connectivity index (χ1v) is 8.02. The number of rotatable bonds is 2. The van der Waals surface area contributed by atoms with Gasteiger partial charge < -0.3 is 10.1 Å². The highest BCUT2D eigenvalue weighted by atomic mass is 32.2. The van der Waals surface area contributed by atoms with Crippen molar-refractivity contribution in [3.8, 4) is 0 Å². The van der Waals surface area contributed by atoms with Crippen LogP contribution in [0.15, 0.2) is 33.8 Å². The first-order valence-electron chi connectivity index (χ1n) is 6.80. The smallest absolute Gasteiger partial charge is 0.101 e. The molecule has 0 bridgehead atoms. The van der Waals surface area contributed by atoms with Crippen LogP contribution in [0.1, 0.15) is 25.7 Å². The molecule has 18 heavy (non-hydrogen) atoms. The Morgan fingerprint density at radius 3 is 3.06 bits per heavy atom. The Morgan fingerprint density at radius 2 is 2.28 bits per heavy atom. The van der Waals surface area contributed by atoms with Crippen LogP contribution in [0.4, 0.5) is 0 Å². The number of ether oxygens (including phenoxy) is 1. The number of fused-ring (bicyclic) bond motifs is 2. The van der Waals surface area contributed by atoms with Crippen LogP contribution in [0.2, 0.25) is 0 Å². The second-order valence-electron chi connectivity index (χ2n) is 5.15. The third-order valence-corrected chi connectivity index (χ3v) is 5.09. The quantitative estimate of drug-likeness (QED) is 0.827. The number of hydrogen-bond donors (Lipinski definition) is 1. The molecule has 1 saturated heterocycles. The highest BCUT2D eigenvalue weighted by Gasteiger charge is 2.33. The molecule has 3 aliphatic rings. The molecule has 1 fully saturated rings. The van der Waals surface area contributed by atoms with E-state index in [-0.39, 0.29) is 6.10 Å². The average Bonchev–Trinajstić information content (AvgIpc) is 2.45. The summed E-state index contributed by atoms with van der Waals surface area (Å²) in [7, 11) is 1.82. The van der Waals surface area contributed by atoms with Crippen LogP contribution in [0.5, 0.6) is 0 Å². The van der Waals surface area contributed by atoms with E-state index in [1.807, 2.05) is 18.9 Å². The van der Waals surface area contributed by atoms with E-state index >= 15 is 0 Å². The lowest BCUT2D eigenvalue weighted by atomic mass is 9.76. The van der Waals surface area contributed by atoms with E-state index in [9.17, 15) is 0 Å². The Bertz CT molecular complexity index is 436. The van der Waals surface area contributed by atoms with E-state index in [2.05, 4.69) is 23.7 Å². The first-order chi connectivity index (χ1) is 8.85. The SMILES string of the molecule is COC1C=CC(SC)=C2CCC3NCCCC3=C21. The van der Waals surface area contributed by atoms with E-state index in [4.69, 9.17) is 4.74 Å². The van der Waals surface area contributed by atoms with Gasteiger partial charge in [-0.15, -0.1) is 11.8 Å². The van der Waals surface area contributed by atoms with E-state index in [1.54, 1.807) is 11.1 Å². The maximum atomic E-state index is 5.69. The molecule has 0 radical (unpaired) electrons. The standard InChI is InChI=1S/C15H21NOS/c1-17-13-7-8-14(18-2)11-5-6-12-10(15(11)13)4-3-9-16-12/h7-8,12-13,16H,3-6,9H2,1-2H3. The first kappa shape index (κ1) is 12.5. The van der Waals surface area contributed by atoms with Gasteiger partial charge in [0.1, 0.15) is 6.10 Å². The van der Waals surface area contributed by atoms with Gasteiger partial charge in [0.2, 0.25) is 0 Å². The highest BCUT2D eigenvalue weighted by Crippen LogP contribution is 2.42. The molecule has 1 heterocycles. The molecule has 0 spiro atoms. The van der Waals surface area contributed by atoms with Gasteiger partial charge in [0, 0.05) is 18.1 Å². The topological polar surface area (TPSA) is 21.3 Å². The van der Waals surface area contributed by atoms with Gasteiger partial charge in [0.15, 0.2) is 0 Å². The van der Waals surface area contributed by atoms with E-state index in [0.717, 1.165) is 0 Å². The third-order valence-electron chi connectivity index (χ3n) is 4.27. The summed E-state index contributed by atoms with van der Waals surface area (Å²) in [5.41, 5.74) is 4.66. The van der Waals surface area contributed by atoms with Crippen molar-refractivity contribution in [2.75, 3.05) is 19.9 Å². The van der Waals surface area contributed by atoms with Crippen LogP contribution < -0.4 is 5.32 Å². The zero-order valence-electron chi connectivity index (χ0n) is 11.2. The summed E-state index contributed by atoms with van der Waals surface area (Å²) < 4.78 is 5.69. The average molecular weight is 263 g/mol. The van der Waals surface area contributed by atoms with Crippen molar-refractivity contribution < 1.29 is 4.74 Å². The maximum Gasteiger partial charge on any atom is 0.101 e. The van der Waals surface area contributed by atoms with Gasteiger partial charge in [0.05, 0.1) is 0 Å². The fraction of sp³-hybridized carbons (Fsp3) is 0.600. The maximum absolute atomic E-state index is 5.69. The van der Waals surface area contributed by atoms with Crippen molar-refractivity contribution in [3.63, 3.8) is 0 Å². The second-order valence-corrected chi connectivity index (χ2v) is 6.00. The van der Waals surface area contributed by atoms with Crippen molar-refractivity contribution >= 4 is 11.8 Å². The van der Waals surface area contributed by atoms with Crippen molar-refractivity contribution in [2.24, 2.45) is 0 Å². The summed E-state index contributed by atoms with van der Waals surface area (Å²) in [4.78, 5) is 1.44. The van der Waals surface area contributed by atoms with Crippen LogP contribution in [-0.2, 0) is 4.74 Å². The highest BCUT2D eigenvalue weighted by molar-refractivity contribution is 8.02. The van der Waals surface area contributed by atoms with E-state index in [0.29, 0.717) is 6.04 Å². The number of allylic oxidation sites excluding steroid dienone is 1. The number of nitrogens with one attached hydrogen (secondary N) is 1. The van der Waals surface area contributed by atoms with Gasteiger partial charge in [-0.3, -0.25) is 0 Å². The minimum atomic E-state index is 0.175. The molecule has 98 valence electrons. The minimum Gasteiger partial charge on any atom is -0.373 e. The van der Waals surface area contributed by atoms with Crippen molar-refractivity contribution in [1.82, 2.24) is 5.32 Å². The molecule has 0 aromatic carbocycles. The fourth-order valence-electron chi connectivity index (χ4n) is 3.44. The second kappa shape index (κ2) is 5.24. The van der Waals surface area contributed by atoms with Crippen LogP contribution in [0.3, 0.4) is 0 Å². The number of thioether (sulfide) groups is 1. The summed E-state index contributed by atoms with van der Waals surface area (Å²) in [5, 5.41) is 3.66. The molecule has 1 N–H and O–H groups in total. The van der Waals surface area contributed by atoms with E-state index in [1.165, 1.54) is 42.7 Å². The Morgan fingerprint density at radius 1 is 1.39 bits per heavy atom. The van der Waals surface area contributed by atoms with Crippen molar-refractivity contribution in [2.45, 2.75) is 37.8 Å². The molecule has 1 aliphatic heterocycles. The van der Waals surface area contributed by atoms with Gasteiger partial charge in [0.25, 0.3) is 0 Å². The molecule has 0 amide bonds. The monoisotopic (exact) mass is 263 g/mol. The summed E-state index contributed by atoms with van der Waals surface area (Å²) >= 11 is 1.87. The van der Waals surface area contributed by atoms with Gasteiger partial charge in [-0.2, -0.15) is 0 Å². The van der Waals surface area contributed by atoms with Crippen LogP contribution in [0.25, 0.3) is 0 Å². The molecule has 2 aliphatic carbocycles. The van der Waals surface area contributed by atoms with Crippen LogP contribution >= 0.6 is 11.8 Å². The number of hydrogen-bond acceptors (Lipinski definition) is 3. The minimum absolute atomic E-state index is 0.175. The molecule has 0 saturated carbocycles. The Balaban J connectivity index is 2.09. The van der Waals surface area contributed by atoms with Crippen LogP contribution in [-0.4, -0.2) is 32.1 Å². The molecule has 2 unspecified atom stereocenters.